The maximum absolute atomic E-state index is 5.39. The summed E-state index contributed by atoms with van der Waals surface area (Å²) in [6, 6.07) is 111. The number of fused-ring (bicyclic) bond motifs is 12. The van der Waals surface area contributed by atoms with Gasteiger partial charge in [0.05, 0.1) is 44.1 Å². The van der Waals surface area contributed by atoms with Crippen LogP contribution in [0.1, 0.15) is 0 Å². The van der Waals surface area contributed by atoms with Gasteiger partial charge in [0.15, 0.2) is 23.3 Å². The van der Waals surface area contributed by atoms with Crippen molar-refractivity contribution in [1.82, 2.24) is 58.1 Å². The molecule has 466 valence electrons. The van der Waals surface area contributed by atoms with Crippen LogP contribution in [0.5, 0.6) is 0 Å². The SMILES string of the molecule is c1ccc(-c2nc(-c3ccc(-c4ccc5c(c4)c4cc(-c6ccc7c(c6)c6ccccc6n7-c6ccccc6)ccc4n5-c4nc(-c5ccccn5)nc(-c5ccccn5)n4)cc3)nc(-n3c4ccccc4c4cc(-c5ccc6c(c5)c5ccccc5n6-c5ccccc5)ccc43)n2)cc1. The number of benzene rings is 12. The summed E-state index contributed by atoms with van der Waals surface area (Å²) in [6.45, 7) is 0. The lowest BCUT2D eigenvalue weighted by molar-refractivity contribution is 0.943. The van der Waals surface area contributed by atoms with E-state index in [0.717, 1.165) is 111 Å². The minimum atomic E-state index is 0.442. The van der Waals surface area contributed by atoms with Crippen molar-refractivity contribution in [2.24, 2.45) is 0 Å². The molecule has 0 fully saturated rings. The first-order valence-corrected chi connectivity index (χ1v) is 33.4. The van der Waals surface area contributed by atoms with Crippen molar-refractivity contribution < 1.29 is 0 Å². The van der Waals surface area contributed by atoms with Crippen molar-refractivity contribution in [1.29, 1.82) is 0 Å². The third kappa shape index (κ3) is 9.30. The summed E-state index contributed by atoms with van der Waals surface area (Å²) in [7, 11) is 0. The Labute approximate surface area is 572 Å². The molecular weight excluding hydrogens is 1230 g/mol. The maximum atomic E-state index is 5.39. The van der Waals surface area contributed by atoms with Gasteiger partial charge in [-0.25, -0.2) is 9.97 Å². The Morgan fingerprint density at radius 1 is 0.180 bits per heavy atom. The quantitative estimate of drug-likeness (QED) is 0.125. The van der Waals surface area contributed by atoms with E-state index in [0.29, 0.717) is 46.6 Å². The molecule has 0 spiro atoms. The third-order valence-corrected chi connectivity index (χ3v) is 19.4. The Morgan fingerprint density at radius 2 is 0.460 bits per heavy atom. The van der Waals surface area contributed by atoms with Crippen LogP contribution in [0.15, 0.2) is 328 Å². The van der Waals surface area contributed by atoms with Gasteiger partial charge in [-0.1, -0.05) is 188 Å². The lowest BCUT2D eigenvalue weighted by Crippen LogP contribution is -2.07. The molecule has 8 heterocycles. The second kappa shape index (κ2) is 22.9. The number of hydrogen-bond donors (Lipinski definition) is 0. The van der Waals surface area contributed by atoms with Crippen LogP contribution in [0, 0.1) is 0 Å². The Hall–Kier alpha value is -13.8. The molecule has 0 aliphatic rings. The van der Waals surface area contributed by atoms with Crippen molar-refractivity contribution in [3.05, 3.63) is 328 Å². The average Bonchev–Trinajstić information content (AvgIpc) is 1.59. The van der Waals surface area contributed by atoms with Crippen molar-refractivity contribution in [2.45, 2.75) is 0 Å². The molecule has 12 aromatic carbocycles. The predicted octanol–water partition coefficient (Wildman–Crippen LogP) is 20.9. The average molecular weight is 1280 g/mol. The van der Waals surface area contributed by atoms with Gasteiger partial charge in [-0.15, -0.1) is 0 Å². The minimum Gasteiger partial charge on any atom is -0.309 e. The number of hydrogen-bond acceptors (Lipinski definition) is 8. The molecule has 0 amide bonds. The largest absolute Gasteiger partial charge is 0.309 e. The molecule has 8 aromatic heterocycles. The first-order chi connectivity index (χ1) is 49.6. The molecule has 0 N–H and O–H groups in total. The molecule has 12 nitrogen and oxygen atoms in total. The maximum Gasteiger partial charge on any atom is 0.238 e. The fourth-order valence-corrected chi connectivity index (χ4v) is 14.8. The summed E-state index contributed by atoms with van der Waals surface area (Å²) < 4.78 is 9.04. The molecule has 0 aliphatic heterocycles. The van der Waals surface area contributed by atoms with E-state index in [1.165, 1.54) is 32.6 Å². The van der Waals surface area contributed by atoms with E-state index in [2.05, 4.69) is 279 Å². The molecule has 0 atom stereocenters. The van der Waals surface area contributed by atoms with Crippen molar-refractivity contribution in [3.63, 3.8) is 0 Å². The van der Waals surface area contributed by atoms with Gasteiger partial charge in [-0.3, -0.25) is 19.1 Å². The second-order valence-electron chi connectivity index (χ2n) is 25.2. The van der Waals surface area contributed by atoms with Crippen LogP contribution in [0.4, 0.5) is 0 Å². The highest BCUT2D eigenvalue weighted by molar-refractivity contribution is 6.15. The van der Waals surface area contributed by atoms with E-state index in [1.54, 1.807) is 12.4 Å². The van der Waals surface area contributed by atoms with Gasteiger partial charge in [0.2, 0.25) is 11.9 Å². The smallest absolute Gasteiger partial charge is 0.238 e. The highest BCUT2D eigenvalue weighted by atomic mass is 15.2. The van der Waals surface area contributed by atoms with Crippen LogP contribution in [0.25, 0.3) is 190 Å². The van der Waals surface area contributed by atoms with Crippen LogP contribution in [-0.4, -0.2) is 58.1 Å². The Morgan fingerprint density at radius 3 is 0.860 bits per heavy atom. The molecule has 0 aliphatic carbocycles. The van der Waals surface area contributed by atoms with E-state index < -0.39 is 0 Å². The molecule has 100 heavy (non-hydrogen) atoms. The normalized spacial score (nSPS) is 11.8. The highest BCUT2D eigenvalue weighted by Gasteiger charge is 2.24. The Balaban J connectivity index is 0.712. The summed E-state index contributed by atoms with van der Waals surface area (Å²) in [5.74, 6) is 3.00. The molecule has 12 heteroatoms. The van der Waals surface area contributed by atoms with Gasteiger partial charge in [-0.2, -0.15) is 19.9 Å². The number of aromatic nitrogens is 12. The van der Waals surface area contributed by atoms with E-state index in [4.69, 9.17) is 39.9 Å². The van der Waals surface area contributed by atoms with Gasteiger partial charge in [0.1, 0.15) is 11.4 Å². The lowest BCUT2D eigenvalue weighted by Gasteiger charge is -2.12. The molecule has 20 rings (SSSR count). The van der Waals surface area contributed by atoms with Crippen molar-refractivity contribution in [3.8, 4) is 102 Å². The fourth-order valence-electron chi connectivity index (χ4n) is 14.8. The summed E-state index contributed by atoms with van der Waals surface area (Å²) in [5.41, 5.74) is 20.2. The summed E-state index contributed by atoms with van der Waals surface area (Å²) >= 11 is 0. The van der Waals surface area contributed by atoms with Gasteiger partial charge >= 0.3 is 0 Å². The van der Waals surface area contributed by atoms with Crippen LogP contribution < -0.4 is 0 Å². The number of nitrogens with zero attached hydrogens (tertiary/aromatic N) is 12. The topological polar surface area (TPSA) is 123 Å². The molecule has 20 aromatic rings. The minimum absolute atomic E-state index is 0.442. The van der Waals surface area contributed by atoms with E-state index in [9.17, 15) is 0 Å². The van der Waals surface area contributed by atoms with Gasteiger partial charge < -0.3 is 9.13 Å². The Bertz CT molecular complexity index is 6560. The zero-order chi connectivity index (χ0) is 65.8. The summed E-state index contributed by atoms with van der Waals surface area (Å²) in [4.78, 5) is 40.7. The summed E-state index contributed by atoms with van der Waals surface area (Å²) in [6.07, 6.45) is 3.51. The van der Waals surface area contributed by atoms with E-state index in [1.807, 2.05) is 54.6 Å². The fraction of sp³-hybridized carbons (Fsp3) is 0. The monoisotopic (exact) mass is 1280 g/mol. The number of rotatable bonds is 11. The first-order valence-electron chi connectivity index (χ1n) is 33.4. The number of pyridine rings is 2. The van der Waals surface area contributed by atoms with Crippen LogP contribution in [-0.2, 0) is 0 Å². The zero-order valence-corrected chi connectivity index (χ0v) is 53.5. The molecule has 0 saturated heterocycles. The summed E-state index contributed by atoms with van der Waals surface area (Å²) in [5, 5.41) is 9.07. The van der Waals surface area contributed by atoms with Crippen LogP contribution in [0.3, 0.4) is 0 Å². The highest BCUT2D eigenvalue weighted by Crippen LogP contribution is 2.43. The predicted molar refractivity (Wildman–Crippen MR) is 404 cm³/mol. The van der Waals surface area contributed by atoms with E-state index in [-0.39, 0.29) is 0 Å². The van der Waals surface area contributed by atoms with Crippen LogP contribution >= 0.6 is 0 Å². The zero-order valence-electron chi connectivity index (χ0n) is 53.5. The van der Waals surface area contributed by atoms with Crippen molar-refractivity contribution in [2.75, 3.05) is 0 Å². The van der Waals surface area contributed by atoms with Crippen molar-refractivity contribution >= 4 is 87.2 Å². The molecule has 0 radical (unpaired) electrons. The lowest BCUT2D eigenvalue weighted by atomic mass is 9.99. The van der Waals surface area contributed by atoms with Gasteiger partial charge in [0, 0.05) is 78.0 Å². The third-order valence-electron chi connectivity index (χ3n) is 19.4. The standard InChI is InChI=1S/C88H54N12/c1-4-20-56(21-5-1)83-91-84(94-87(93-83)99-77-33-15-12-28-67(77)70-53-61(41-46-80(70)99)59-39-43-78-68(51-59)65-26-10-13-31-75(65)97(78)63-22-6-2-7-23-63)57-36-34-55(35-37-57)58-38-45-81-71(50-58)72-54-62(60-40-44-79-69(52-60)66-27-11-14-32-76(66)98(79)64-24-8-3-9-25-64)42-47-82(72)100(81)88-95-85(73-29-16-18-48-89-73)92-86(96-88)74-30-17-19-49-90-74/h1-54H. The molecule has 0 unspecified atom stereocenters. The molecular formula is C88H54N12. The van der Waals surface area contributed by atoms with E-state index >= 15 is 0 Å². The van der Waals surface area contributed by atoms with Gasteiger partial charge in [0.25, 0.3) is 0 Å². The molecule has 0 saturated carbocycles. The Kier molecular flexibility index (Phi) is 13.0. The second-order valence-corrected chi connectivity index (χ2v) is 25.2. The van der Waals surface area contributed by atoms with Crippen LogP contribution in [0.2, 0.25) is 0 Å². The van der Waals surface area contributed by atoms with Gasteiger partial charge in [-0.05, 0) is 161 Å². The first kappa shape index (κ1) is 56.5. The molecule has 0 bridgehead atoms. The number of para-hydroxylation sites is 5.